The molecule has 9 N–H and O–H groups in total. The standard InChI is InChI=1S/C34H54N5O9/c35-26(24-40)12-7-9-22-38-32(43)28(36)13-8-10-21-37-30(41)20-19-29(34(46)47)39-31(42)14-6-4-2-1-3-5-11-23-48-27-17-15-25(16-18-27)33(44)45/h15-18,26,28-29H,1-14,19-23,35-36H2,(H,37,41)(H,38,43)(H,39,42)(H,44,45)(H,46,47)/t26-,28-,29-/m0/s1. The number of aromatic carboxylic acids is 1. The zero-order valence-corrected chi connectivity index (χ0v) is 27.9. The number of amides is 3. The third-order valence-electron chi connectivity index (χ3n) is 7.70. The molecule has 0 fully saturated rings. The summed E-state index contributed by atoms with van der Waals surface area (Å²) in [5.41, 5.74) is 11.6. The number of nitrogens with two attached hydrogens (primary N) is 2. The number of ether oxygens (including phenoxy) is 1. The molecule has 0 saturated heterocycles. The quantitative estimate of drug-likeness (QED) is 0.0608. The zero-order valence-electron chi connectivity index (χ0n) is 27.9. The lowest BCUT2D eigenvalue weighted by atomic mass is 10.1. The van der Waals surface area contributed by atoms with Crippen molar-refractivity contribution in [3.8, 4) is 5.75 Å². The summed E-state index contributed by atoms with van der Waals surface area (Å²) in [4.78, 5) is 69.4. The summed E-state index contributed by atoms with van der Waals surface area (Å²) < 4.78 is 5.63. The largest absolute Gasteiger partial charge is 0.494 e. The summed E-state index contributed by atoms with van der Waals surface area (Å²) in [7, 11) is 0. The van der Waals surface area contributed by atoms with Crippen molar-refractivity contribution in [3.63, 3.8) is 0 Å². The van der Waals surface area contributed by atoms with Gasteiger partial charge in [0.1, 0.15) is 11.8 Å². The first kappa shape index (κ1) is 42.0. The Labute approximate surface area is 283 Å². The molecular weight excluding hydrogens is 622 g/mol. The van der Waals surface area contributed by atoms with Crippen LogP contribution in [0.25, 0.3) is 0 Å². The number of carbonyl (C=O) groups is 5. The van der Waals surface area contributed by atoms with Crippen LogP contribution in [0.1, 0.15) is 113 Å². The number of nitrogens with one attached hydrogen (secondary N) is 3. The summed E-state index contributed by atoms with van der Waals surface area (Å²) in [5, 5.41) is 26.4. The average Bonchev–Trinajstić information content (AvgIpc) is 3.06. The molecule has 0 saturated carbocycles. The van der Waals surface area contributed by atoms with Gasteiger partial charge >= 0.3 is 11.9 Å². The Morgan fingerprint density at radius 1 is 0.708 bits per heavy atom. The van der Waals surface area contributed by atoms with Crippen molar-refractivity contribution in [1.29, 1.82) is 0 Å². The molecule has 0 spiro atoms. The van der Waals surface area contributed by atoms with Crippen LogP contribution in [-0.4, -0.2) is 84.0 Å². The molecule has 0 aliphatic heterocycles. The van der Waals surface area contributed by atoms with E-state index in [4.69, 9.17) is 21.3 Å². The number of carboxylic acids is 2. The van der Waals surface area contributed by atoms with Gasteiger partial charge in [-0.15, -0.1) is 0 Å². The number of hydrogen-bond donors (Lipinski definition) is 7. The molecule has 1 aromatic carbocycles. The van der Waals surface area contributed by atoms with E-state index in [1.54, 1.807) is 18.4 Å². The molecule has 269 valence electrons. The van der Waals surface area contributed by atoms with E-state index in [2.05, 4.69) is 16.0 Å². The molecule has 48 heavy (non-hydrogen) atoms. The Morgan fingerprint density at radius 2 is 1.31 bits per heavy atom. The Kier molecular flexibility index (Phi) is 22.7. The van der Waals surface area contributed by atoms with Gasteiger partial charge in [0.2, 0.25) is 24.0 Å². The molecule has 14 heteroatoms. The fourth-order valence-corrected chi connectivity index (χ4v) is 4.78. The van der Waals surface area contributed by atoms with E-state index >= 15 is 0 Å². The minimum absolute atomic E-state index is 0.0192. The van der Waals surface area contributed by atoms with Crippen molar-refractivity contribution < 1.29 is 43.7 Å². The Hall–Kier alpha value is -4.04. The molecule has 0 aromatic heterocycles. The number of carbonyl (C=O) groups excluding carboxylic acids is 4. The van der Waals surface area contributed by atoms with Crippen LogP contribution >= 0.6 is 0 Å². The predicted octanol–water partition coefficient (Wildman–Crippen LogP) is 2.57. The van der Waals surface area contributed by atoms with Crippen LogP contribution in [0.4, 0.5) is 0 Å². The van der Waals surface area contributed by atoms with Crippen molar-refractivity contribution >= 4 is 35.9 Å². The maximum absolute atomic E-state index is 12.3. The summed E-state index contributed by atoms with van der Waals surface area (Å²) in [6.45, 7) is 1.37. The summed E-state index contributed by atoms with van der Waals surface area (Å²) >= 11 is 0. The highest BCUT2D eigenvalue weighted by atomic mass is 16.5. The van der Waals surface area contributed by atoms with Gasteiger partial charge in [-0.3, -0.25) is 19.2 Å². The SMILES string of the molecule is N[C@H]([C]=O)CCCCNC(=O)[C@@H](N)CCCCNC(=O)CC[C@H](NC(=O)CCCCCCCCCOc1ccc(C(=O)O)cc1)C(=O)O. The van der Waals surface area contributed by atoms with Gasteiger partial charge in [-0.25, -0.2) is 9.59 Å². The van der Waals surface area contributed by atoms with E-state index in [-0.39, 0.29) is 42.5 Å². The molecule has 3 atom stereocenters. The predicted molar refractivity (Wildman–Crippen MR) is 180 cm³/mol. The third kappa shape index (κ3) is 21.0. The molecule has 0 aliphatic carbocycles. The highest BCUT2D eigenvalue weighted by molar-refractivity contribution is 5.87. The van der Waals surface area contributed by atoms with E-state index in [0.29, 0.717) is 70.4 Å². The second kappa shape index (κ2) is 26.0. The average molecular weight is 677 g/mol. The summed E-state index contributed by atoms with van der Waals surface area (Å²) in [6.07, 6.45) is 11.8. The lowest BCUT2D eigenvalue weighted by Crippen LogP contribution is -2.41. The third-order valence-corrected chi connectivity index (χ3v) is 7.70. The molecule has 0 unspecified atom stereocenters. The molecule has 14 nitrogen and oxygen atoms in total. The van der Waals surface area contributed by atoms with Crippen molar-refractivity contribution in [2.75, 3.05) is 19.7 Å². The van der Waals surface area contributed by atoms with Gasteiger partial charge in [-0.05, 0) is 82.1 Å². The van der Waals surface area contributed by atoms with Crippen LogP contribution in [0.15, 0.2) is 24.3 Å². The van der Waals surface area contributed by atoms with Crippen LogP contribution in [-0.2, 0) is 24.0 Å². The number of unbranched alkanes of at least 4 members (excludes halogenated alkanes) is 8. The van der Waals surface area contributed by atoms with Crippen molar-refractivity contribution in [2.45, 2.75) is 121 Å². The first-order chi connectivity index (χ1) is 23.0. The van der Waals surface area contributed by atoms with Gasteiger partial charge in [0.15, 0.2) is 0 Å². The minimum Gasteiger partial charge on any atom is -0.494 e. The Bertz CT molecular complexity index is 1120. The van der Waals surface area contributed by atoms with Gasteiger partial charge in [-0.2, -0.15) is 0 Å². The number of carboxylic acid groups (broad SMARTS) is 2. The van der Waals surface area contributed by atoms with Crippen LogP contribution in [0.2, 0.25) is 0 Å². The molecule has 1 aromatic rings. The van der Waals surface area contributed by atoms with Gasteiger partial charge in [0.05, 0.1) is 24.3 Å². The maximum Gasteiger partial charge on any atom is 0.335 e. The topological polar surface area (TPSA) is 240 Å². The van der Waals surface area contributed by atoms with Gasteiger partial charge in [0.25, 0.3) is 0 Å². The summed E-state index contributed by atoms with van der Waals surface area (Å²) in [6, 6.07) is 3.90. The van der Waals surface area contributed by atoms with Crippen LogP contribution in [0, 0.1) is 0 Å². The number of hydrogen-bond acceptors (Lipinski definition) is 9. The fraction of sp³-hybridized carbons (Fsp3) is 0.647. The second-order valence-electron chi connectivity index (χ2n) is 11.9. The maximum atomic E-state index is 12.3. The highest BCUT2D eigenvalue weighted by Gasteiger charge is 2.21. The normalized spacial score (nSPS) is 12.7. The van der Waals surface area contributed by atoms with E-state index in [0.717, 1.165) is 38.5 Å². The molecule has 0 heterocycles. The zero-order chi connectivity index (χ0) is 35.6. The molecule has 1 rings (SSSR count). The van der Waals surface area contributed by atoms with E-state index in [9.17, 15) is 33.9 Å². The fourth-order valence-electron chi connectivity index (χ4n) is 4.78. The monoisotopic (exact) mass is 676 g/mol. The van der Waals surface area contributed by atoms with Crippen molar-refractivity contribution in [3.05, 3.63) is 29.8 Å². The van der Waals surface area contributed by atoms with Crippen molar-refractivity contribution in [2.24, 2.45) is 11.5 Å². The minimum atomic E-state index is -1.19. The van der Waals surface area contributed by atoms with E-state index in [1.165, 1.54) is 12.1 Å². The number of aliphatic carboxylic acids is 1. The highest BCUT2D eigenvalue weighted by Crippen LogP contribution is 2.14. The Balaban J connectivity index is 2.06. The first-order valence-corrected chi connectivity index (χ1v) is 16.9. The van der Waals surface area contributed by atoms with E-state index < -0.39 is 30.1 Å². The molecule has 3 amide bonds. The van der Waals surface area contributed by atoms with E-state index in [1.807, 2.05) is 0 Å². The van der Waals surface area contributed by atoms with Crippen LogP contribution in [0.3, 0.4) is 0 Å². The first-order valence-electron chi connectivity index (χ1n) is 16.9. The number of rotatable bonds is 29. The van der Waals surface area contributed by atoms with Crippen LogP contribution < -0.4 is 32.2 Å². The van der Waals surface area contributed by atoms with Crippen molar-refractivity contribution in [1.82, 2.24) is 16.0 Å². The molecule has 0 aliphatic rings. The smallest absolute Gasteiger partial charge is 0.335 e. The lowest BCUT2D eigenvalue weighted by molar-refractivity contribution is -0.142. The second-order valence-corrected chi connectivity index (χ2v) is 11.9. The Morgan fingerprint density at radius 3 is 1.94 bits per heavy atom. The molecule has 1 radical (unpaired) electrons. The number of benzene rings is 1. The summed E-state index contributed by atoms with van der Waals surface area (Å²) in [5.74, 6) is -2.44. The lowest BCUT2D eigenvalue weighted by Gasteiger charge is -2.15. The molecular formula is C34H54N5O9. The van der Waals surface area contributed by atoms with Gasteiger partial charge < -0.3 is 42.4 Å². The van der Waals surface area contributed by atoms with Gasteiger partial charge in [0, 0.05) is 25.9 Å². The van der Waals surface area contributed by atoms with Gasteiger partial charge in [-0.1, -0.05) is 32.1 Å². The molecule has 0 bridgehead atoms. The van der Waals surface area contributed by atoms with Crippen LogP contribution in [0.5, 0.6) is 5.75 Å².